The molecule has 0 spiro atoms. The predicted molar refractivity (Wildman–Crippen MR) is 502 cm³/mol. The van der Waals surface area contributed by atoms with Crippen molar-refractivity contribution in [3.63, 3.8) is 0 Å². The van der Waals surface area contributed by atoms with Gasteiger partial charge in [-0.25, -0.2) is 36.7 Å². The van der Waals surface area contributed by atoms with E-state index in [2.05, 4.69) is 56.1 Å². The summed E-state index contributed by atoms with van der Waals surface area (Å²) in [6.07, 6.45) is 22.5. The average molecular weight is 1900 g/mol. The number of amides is 6. The van der Waals surface area contributed by atoms with Gasteiger partial charge in [-0.2, -0.15) is 0 Å². The topological polar surface area (TPSA) is 404 Å². The summed E-state index contributed by atoms with van der Waals surface area (Å²) < 4.78 is 67.9. The summed E-state index contributed by atoms with van der Waals surface area (Å²) in [5.41, 5.74) is 12.6. The first-order valence-corrected chi connectivity index (χ1v) is 45.8. The van der Waals surface area contributed by atoms with Gasteiger partial charge in [0.15, 0.2) is 0 Å². The van der Waals surface area contributed by atoms with Gasteiger partial charge in [0.1, 0.15) is 57.8 Å². The Morgan fingerprint density at radius 2 is 0.918 bits per heavy atom. The zero-order valence-electron chi connectivity index (χ0n) is 75.9. The number of benzene rings is 6. The quantitative estimate of drug-likeness (QED) is 0.00939. The second-order valence-electron chi connectivity index (χ2n) is 37.0. The van der Waals surface area contributed by atoms with Crippen LogP contribution in [0.3, 0.4) is 0 Å². The van der Waals surface area contributed by atoms with Crippen LogP contribution in [0.25, 0.3) is 0 Å². The summed E-state index contributed by atoms with van der Waals surface area (Å²) in [5.74, 6) is -1.46. The minimum atomic E-state index is -1.53. The first kappa shape index (κ1) is 104. The maximum absolute atomic E-state index is 15.6. The second kappa shape index (κ2) is 45.0. The molecular weight excluding hydrogens is 1790 g/mol. The molecule has 4 aromatic heterocycles. The molecule has 3 saturated carbocycles. The monoisotopic (exact) mass is 1900 g/mol. The van der Waals surface area contributed by atoms with E-state index in [9.17, 15) is 47.9 Å². The predicted octanol–water partition coefficient (Wildman–Crippen LogP) is 12.0. The van der Waals surface area contributed by atoms with Crippen LogP contribution in [0.5, 0.6) is 0 Å². The Hall–Kier alpha value is -10.5. The van der Waals surface area contributed by atoms with E-state index in [0.29, 0.717) is 57.9 Å². The second-order valence-corrected chi connectivity index (χ2v) is 39.4. The molecular formula is C100H114Cl2F3N14NaO13S. The molecule has 10 aromatic rings. The SMILES string of the molecule is CC(C)(C)OC(=O)N1C[C@@](O)(c2ccccc2)C[C@@H]1C(=O)Nc1cc(C(CCC2CC2)(N[S@@](=O)C(C)(C)C)c2ccncc2)ccc1F.Cl.NC(CCC1CC1)(c1ccncc1)c1ccc(F)c(NC(=O)[C@H]2C[C@](O)(c3ccccc3)CN2)c1.NC(CCC1CC1)(c1ccncc1)c1ccc(F)c(NC(=O)[C@H]2C[C@](O)(c3ccccc3)CN2C(=O)Nc2ccc(Cl)cn2)c1.O=CO[O-].[Na+]. The van der Waals surface area contributed by atoms with Crippen molar-refractivity contribution < 1.29 is 106 Å². The summed E-state index contributed by atoms with van der Waals surface area (Å²) >= 11 is 5.93. The summed E-state index contributed by atoms with van der Waals surface area (Å²) in [6.45, 7) is 10.5. The molecule has 3 saturated heterocycles. The molecule has 7 heterocycles. The van der Waals surface area contributed by atoms with Gasteiger partial charge in [0.25, 0.3) is 6.47 Å². The molecule has 704 valence electrons. The number of nitrogens with two attached hydrogens (primary N) is 2. The van der Waals surface area contributed by atoms with Gasteiger partial charge in [-0.3, -0.25) is 44.3 Å². The molecule has 10 atom stereocenters. The molecule has 0 bridgehead atoms. The van der Waals surface area contributed by atoms with Gasteiger partial charge in [-0.05, 0) is 233 Å². The maximum atomic E-state index is 15.6. The number of ether oxygens (including phenoxy) is 1. The average Bonchev–Trinajstić information content (AvgIpc) is 1.75. The maximum Gasteiger partial charge on any atom is 1.00 e. The molecule has 3 aliphatic carbocycles. The molecule has 3 aliphatic heterocycles. The standard InChI is InChI=1S/C37H47FN4O5S.C34H34ClFN6O3.C28H31FN4O2.CH2O3.ClH.Na/c1-34(2,3)47-33(44)42-24-36(45,26-10-8-7-9-11-26)23-31(42)32(43)40-30-22-28(14-15-29(30)38)37(19-16-25-12-13-25,27-17-20-39-21-18-27)41-48(46)35(4,5)6;35-26-9-11-30(39-20-26)41-32(44)42-21-33(45,23-4-2-1-3-5-23)19-29(42)31(43)40-28-18-25(8-10-27(28)36)34(37,15-12-22-6-7-22)24-13-16-38-17-14-24;29-23-9-8-22(28(30,13-10-19-6-7-19)21-11-14-31-15-12-21)16-24(23)33-26(34)25-17-27(35,18-32-25)20-4-2-1-3-5-20;2-1-4-3;;/h7-11,14-15,17-18,20-22,25,31,41,45H,12-13,16,19,23-24H2,1-6H3,(H,40,43);1-5,8-11,13-14,16-18,20,22,29,45H,6-7,12,15,19,21,37H2,(H,40,43)(H,39,41,44);1-5,8-9,11-12,14-16,19,25,32,35H,6-7,10,13,17-18,30H2,(H,33,34);1,3H;1H;/q;;;;;+1/p-1/t31-,36-,37?,48+;29-,33-,34?;25-,27-,28?;;;/m111.../s1. The number of aromatic nitrogens is 4. The molecule has 3 unspecified atom stereocenters. The Kier molecular flexibility index (Phi) is 34.9. The van der Waals surface area contributed by atoms with Gasteiger partial charge >= 0.3 is 41.7 Å². The Balaban J connectivity index is 0.000000190. The van der Waals surface area contributed by atoms with Crippen molar-refractivity contribution in [1.82, 2.24) is 39.8 Å². The number of carbonyl (C=O) groups is 6. The fourth-order valence-corrected chi connectivity index (χ4v) is 18.1. The summed E-state index contributed by atoms with van der Waals surface area (Å²) in [5, 5.41) is 57.2. The van der Waals surface area contributed by atoms with E-state index >= 15 is 8.78 Å². The number of nitrogens with zero attached hydrogens (tertiary/aromatic N) is 6. The first-order chi connectivity index (χ1) is 62.9. The fourth-order valence-electron chi connectivity index (χ4n) is 17.1. The Morgan fingerprint density at radius 3 is 1.32 bits per heavy atom. The first-order valence-electron chi connectivity index (χ1n) is 44.2. The number of pyridine rings is 4. The van der Waals surface area contributed by atoms with Crippen LogP contribution in [0, 0.1) is 35.2 Å². The number of hydrogen-bond donors (Lipinski definition) is 11. The van der Waals surface area contributed by atoms with Crippen molar-refractivity contribution >= 4 is 94.2 Å². The normalized spacial score (nSPS) is 21.1. The van der Waals surface area contributed by atoms with Gasteiger partial charge in [0.2, 0.25) is 17.7 Å². The van der Waals surface area contributed by atoms with Gasteiger partial charge in [0, 0.05) is 69.2 Å². The molecule has 6 aliphatic rings. The molecule has 134 heavy (non-hydrogen) atoms. The number of β-amino-alcohol motifs (C(OH)–C–C–N with tert-alkyl or cyclic N) is 3. The largest absolute Gasteiger partial charge is 1.00 e. The number of urea groups is 1. The van der Waals surface area contributed by atoms with E-state index in [1.807, 2.05) is 99.6 Å². The van der Waals surface area contributed by atoms with Crippen LogP contribution in [0.1, 0.15) is 188 Å². The van der Waals surface area contributed by atoms with Crippen LogP contribution in [0.15, 0.2) is 238 Å². The fraction of sp³-hybridized carbons (Fsp3) is 0.380. The van der Waals surface area contributed by atoms with Crippen LogP contribution in [-0.2, 0) is 73.2 Å². The minimum Gasteiger partial charge on any atom is -0.662 e. The van der Waals surface area contributed by atoms with Crippen LogP contribution in [0.2, 0.25) is 5.02 Å². The van der Waals surface area contributed by atoms with Crippen molar-refractivity contribution in [2.24, 2.45) is 29.2 Å². The van der Waals surface area contributed by atoms with Crippen LogP contribution in [-0.4, -0.2) is 134 Å². The number of nitrogens with one attached hydrogen (secondary N) is 6. The molecule has 34 heteroatoms. The van der Waals surface area contributed by atoms with Gasteiger partial charge < -0.3 is 67.8 Å². The van der Waals surface area contributed by atoms with Crippen LogP contribution < -0.4 is 77.6 Å². The molecule has 27 nitrogen and oxygen atoms in total. The third-order valence-corrected chi connectivity index (χ3v) is 27.0. The van der Waals surface area contributed by atoms with Gasteiger partial charge in [-0.1, -0.05) is 159 Å². The minimum absolute atomic E-state index is 0. The molecule has 6 fully saturated rings. The molecule has 0 radical (unpaired) electrons. The smallest absolute Gasteiger partial charge is 0.662 e. The van der Waals surface area contributed by atoms with E-state index in [1.54, 1.807) is 149 Å². The number of rotatable bonds is 28. The zero-order valence-corrected chi connectivity index (χ0v) is 80.3. The number of halogens is 5. The van der Waals surface area contributed by atoms with E-state index in [0.717, 1.165) is 66.3 Å². The number of hydrogen-bond acceptors (Lipinski definition) is 20. The summed E-state index contributed by atoms with van der Waals surface area (Å²) in [7, 11) is -1.51. The summed E-state index contributed by atoms with van der Waals surface area (Å²) in [4.78, 5) is 98.0. The Labute approximate surface area is 814 Å². The van der Waals surface area contributed by atoms with Gasteiger partial charge in [-0.15, -0.1) is 12.4 Å². The molecule has 16 rings (SSSR count). The summed E-state index contributed by atoms with van der Waals surface area (Å²) in [6, 6.07) is 51.4. The van der Waals surface area contributed by atoms with Gasteiger partial charge in [0.05, 0.1) is 73.6 Å². The van der Waals surface area contributed by atoms with Crippen LogP contribution >= 0.6 is 24.0 Å². The number of aliphatic hydroxyl groups is 3. The molecule has 6 amide bonds. The van der Waals surface area contributed by atoms with E-state index < -0.39 is 120 Å². The third-order valence-electron chi connectivity index (χ3n) is 25.1. The Bertz CT molecular complexity index is 5690. The number of anilines is 4. The number of likely N-dealkylation sites (tertiary alicyclic amines) is 2. The molecule has 13 N–H and O–H groups in total. The van der Waals surface area contributed by atoms with Crippen molar-refractivity contribution in [3.8, 4) is 0 Å². The van der Waals surface area contributed by atoms with Crippen molar-refractivity contribution in [2.45, 2.75) is 200 Å². The van der Waals surface area contributed by atoms with E-state index in [1.165, 1.54) is 65.9 Å². The number of carbonyl (C=O) groups excluding carboxylic acids is 6. The van der Waals surface area contributed by atoms with Crippen molar-refractivity contribution in [3.05, 3.63) is 310 Å². The third kappa shape index (κ3) is 26.2. The molecule has 6 aromatic carbocycles. The van der Waals surface area contributed by atoms with Crippen LogP contribution in [0.4, 0.5) is 45.6 Å². The van der Waals surface area contributed by atoms with E-state index in [-0.39, 0.29) is 110 Å². The zero-order chi connectivity index (χ0) is 94.4. The Morgan fingerprint density at radius 1 is 0.530 bits per heavy atom. The van der Waals surface area contributed by atoms with Crippen molar-refractivity contribution in [1.29, 1.82) is 0 Å². The van der Waals surface area contributed by atoms with Crippen molar-refractivity contribution in [2.75, 3.05) is 40.9 Å². The van der Waals surface area contributed by atoms with E-state index in [4.69, 9.17) is 37.9 Å².